The number of amides is 2. The van der Waals surface area contributed by atoms with Gasteiger partial charge in [0.2, 0.25) is 0 Å². The van der Waals surface area contributed by atoms with Gasteiger partial charge in [-0.2, -0.15) is 0 Å². The van der Waals surface area contributed by atoms with Crippen molar-refractivity contribution in [3.05, 3.63) is 54.1 Å². The van der Waals surface area contributed by atoms with E-state index in [-0.39, 0.29) is 29.7 Å². The van der Waals surface area contributed by atoms with Crippen LogP contribution in [0.5, 0.6) is 11.5 Å². The van der Waals surface area contributed by atoms with E-state index in [1.807, 2.05) is 6.92 Å². The summed E-state index contributed by atoms with van der Waals surface area (Å²) in [6.45, 7) is 3.55. The Morgan fingerprint density at radius 2 is 1.70 bits per heavy atom. The maximum atomic E-state index is 12.5. The summed E-state index contributed by atoms with van der Waals surface area (Å²) in [5, 5.41) is 2.63. The largest absolute Gasteiger partial charge is 0.490 e. The summed E-state index contributed by atoms with van der Waals surface area (Å²) in [5.74, 6) is 0.0357. The number of ether oxygens (including phenoxy) is 2. The second-order valence-electron chi connectivity index (χ2n) is 7.71. The number of hydrogen-bond donors (Lipinski definition) is 1. The van der Waals surface area contributed by atoms with Gasteiger partial charge >= 0.3 is 0 Å². The molecule has 0 unspecified atom stereocenters. The zero-order valence-corrected chi connectivity index (χ0v) is 19.6. The molecule has 9 heteroatoms. The first-order valence-electron chi connectivity index (χ1n) is 11.1. The summed E-state index contributed by atoms with van der Waals surface area (Å²) in [7, 11) is -3.48. The van der Waals surface area contributed by atoms with E-state index in [0.29, 0.717) is 23.7 Å². The molecule has 33 heavy (non-hydrogen) atoms. The lowest BCUT2D eigenvalue weighted by Gasteiger charge is -2.26. The quantitative estimate of drug-likeness (QED) is 0.568. The van der Waals surface area contributed by atoms with Crippen LogP contribution in [-0.2, 0) is 14.6 Å². The van der Waals surface area contributed by atoms with Gasteiger partial charge in [0.05, 0.1) is 17.3 Å². The highest BCUT2D eigenvalue weighted by Crippen LogP contribution is 2.28. The first kappa shape index (κ1) is 24.6. The summed E-state index contributed by atoms with van der Waals surface area (Å²) < 4.78 is 36.0. The van der Waals surface area contributed by atoms with Gasteiger partial charge in [0.1, 0.15) is 0 Å². The fourth-order valence-electron chi connectivity index (χ4n) is 3.56. The number of carbonyl (C=O) groups is 2. The summed E-state index contributed by atoms with van der Waals surface area (Å²) in [4.78, 5) is 26.9. The number of nitrogens with zero attached hydrogens (tertiary/aromatic N) is 1. The monoisotopic (exact) mass is 474 g/mol. The number of carbonyl (C=O) groups excluding carboxylic acids is 2. The van der Waals surface area contributed by atoms with E-state index in [0.717, 1.165) is 32.4 Å². The molecule has 1 fully saturated rings. The fourth-order valence-corrected chi connectivity index (χ4v) is 4.74. The molecular weight excluding hydrogens is 444 g/mol. The molecule has 0 bridgehead atoms. The molecule has 0 aromatic heterocycles. The van der Waals surface area contributed by atoms with E-state index in [4.69, 9.17) is 9.47 Å². The average Bonchev–Trinajstić information content (AvgIpc) is 2.84. The Balaban J connectivity index is 1.58. The van der Waals surface area contributed by atoms with Gasteiger partial charge in [-0.25, -0.2) is 8.42 Å². The number of rotatable bonds is 10. The topological polar surface area (TPSA) is 102 Å². The second kappa shape index (κ2) is 11.7. The molecule has 2 amide bonds. The predicted molar refractivity (Wildman–Crippen MR) is 124 cm³/mol. The minimum absolute atomic E-state index is 0.0252. The van der Waals surface area contributed by atoms with E-state index in [2.05, 4.69) is 5.32 Å². The van der Waals surface area contributed by atoms with Crippen molar-refractivity contribution in [2.75, 3.05) is 38.6 Å². The second-order valence-corrected chi connectivity index (χ2v) is 9.82. The number of likely N-dealkylation sites (tertiary alicyclic amines) is 1. The van der Waals surface area contributed by atoms with E-state index in [1.54, 1.807) is 35.2 Å². The molecule has 1 aliphatic rings. The summed E-state index contributed by atoms with van der Waals surface area (Å²) in [6.07, 6.45) is 3.15. The van der Waals surface area contributed by atoms with Gasteiger partial charge in [-0.1, -0.05) is 18.2 Å². The van der Waals surface area contributed by atoms with Crippen LogP contribution in [0.3, 0.4) is 0 Å². The lowest BCUT2D eigenvalue weighted by molar-refractivity contribution is -0.134. The van der Waals surface area contributed by atoms with E-state index in [9.17, 15) is 18.0 Å². The van der Waals surface area contributed by atoms with Crippen LogP contribution in [-0.4, -0.2) is 63.7 Å². The summed E-state index contributed by atoms with van der Waals surface area (Å²) in [5.41, 5.74) is 0.310. The van der Waals surface area contributed by atoms with E-state index < -0.39 is 15.7 Å². The Morgan fingerprint density at radius 1 is 0.970 bits per heavy atom. The number of sulfone groups is 1. The third-order valence-corrected chi connectivity index (χ3v) is 7.06. The van der Waals surface area contributed by atoms with Gasteiger partial charge in [-0.05, 0) is 56.5 Å². The van der Waals surface area contributed by atoms with Crippen LogP contribution in [0.2, 0.25) is 0 Å². The van der Waals surface area contributed by atoms with Crippen LogP contribution in [0.4, 0.5) is 0 Å². The van der Waals surface area contributed by atoms with Crippen molar-refractivity contribution >= 4 is 21.7 Å². The molecule has 2 aromatic rings. The van der Waals surface area contributed by atoms with Gasteiger partial charge in [-0.3, -0.25) is 9.59 Å². The molecule has 2 aromatic carbocycles. The molecule has 0 radical (unpaired) electrons. The molecule has 1 saturated heterocycles. The smallest absolute Gasteiger partial charge is 0.260 e. The molecule has 8 nitrogen and oxygen atoms in total. The molecular formula is C24H30N2O6S. The third-order valence-electron chi connectivity index (χ3n) is 5.32. The number of hydrogen-bond acceptors (Lipinski definition) is 6. The van der Waals surface area contributed by atoms with Crippen LogP contribution < -0.4 is 14.8 Å². The van der Waals surface area contributed by atoms with E-state index in [1.165, 1.54) is 18.2 Å². The maximum Gasteiger partial charge on any atom is 0.260 e. The first-order chi connectivity index (χ1) is 15.9. The highest BCUT2D eigenvalue weighted by molar-refractivity contribution is 7.91. The van der Waals surface area contributed by atoms with Crippen molar-refractivity contribution < 1.29 is 27.5 Å². The van der Waals surface area contributed by atoms with Gasteiger partial charge < -0.3 is 19.7 Å². The van der Waals surface area contributed by atoms with E-state index >= 15 is 0 Å². The first-order valence-corrected chi connectivity index (χ1v) is 12.8. The van der Waals surface area contributed by atoms with Crippen molar-refractivity contribution in [2.24, 2.45) is 0 Å². The average molecular weight is 475 g/mol. The Bertz CT molecular complexity index is 1050. The SMILES string of the molecule is CCOc1cc(C(=O)NCCS(=O)(=O)c2ccccc2)ccc1OCC(=O)N1CCCCC1. The molecule has 0 saturated carbocycles. The molecule has 0 spiro atoms. The highest BCUT2D eigenvalue weighted by Gasteiger charge is 2.19. The minimum atomic E-state index is -3.48. The molecule has 1 N–H and O–H groups in total. The van der Waals surface area contributed by atoms with Crippen molar-refractivity contribution in [3.8, 4) is 11.5 Å². The number of piperidine rings is 1. The minimum Gasteiger partial charge on any atom is -0.490 e. The molecule has 0 aliphatic carbocycles. The lowest BCUT2D eigenvalue weighted by atomic mass is 10.1. The molecule has 1 aliphatic heterocycles. The molecule has 0 atom stereocenters. The normalized spacial score (nSPS) is 13.9. The molecule has 3 rings (SSSR count). The van der Waals surface area contributed by atoms with Crippen LogP contribution >= 0.6 is 0 Å². The van der Waals surface area contributed by atoms with Gasteiger partial charge in [0, 0.05) is 25.2 Å². The lowest BCUT2D eigenvalue weighted by Crippen LogP contribution is -2.38. The Morgan fingerprint density at radius 3 is 2.39 bits per heavy atom. The van der Waals surface area contributed by atoms with Crippen LogP contribution in [0.1, 0.15) is 36.5 Å². The predicted octanol–water partition coefficient (Wildman–Crippen LogP) is 2.68. The zero-order chi connectivity index (χ0) is 23.7. The molecule has 178 valence electrons. The van der Waals surface area contributed by atoms with Crippen LogP contribution in [0, 0.1) is 0 Å². The zero-order valence-electron chi connectivity index (χ0n) is 18.8. The fraction of sp³-hybridized carbons (Fsp3) is 0.417. The van der Waals surface area contributed by atoms with Crippen molar-refractivity contribution in [1.29, 1.82) is 0 Å². The number of nitrogens with one attached hydrogen (secondary N) is 1. The van der Waals surface area contributed by atoms with Gasteiger partial charge in [0.15, 0.2) is 27.9 Å². The highest BCUT2D eigenvalue weighted by atomic mass is 32.2. The Hall–Kier alpha value is -3.07. The maximum absolute atomic E-state index is 12.5. The Labute approximate surface area is 194 Å². The van der Waals surface area contributed by atoms with Crippen molar-refractivity contribution in [3.63, 3.8) is 0 Å². The van der Waals surface area contributed by atoms with Crippen molar-refractivity contribution in [1.82, 2.24) is 10.2 Å². The van der Waals surface area contributed by atoms with Crippen molar-refractivity contribution in [2.45, 2.75) is 31.1 Å². The third kappa shape index (κ3) is 6.95. The van der Waals surface area contributed by atoms with Crippen LogP contribution in [0.15, 0.2) is 53.4 Å². The summed E-state index contributed by atoms with van der Waals surface area (Å²) in [6, 6.07) is 12.8. The van der Waals surface area contributed by atoms with Gasteiger partial charge in [0.25, 0.3) is 11.8 Å². The number of benzene rings is 2. The standard InChI is InChI=1S/C24H30N2O6S/c1-2-31-22-17-19(11-12-21(22)32-18-23(27)26-14-7-4-8-15-26)24(28)25-13-16-33(29,30)20-9-5-3-6-10-20/h3,5-6,9-12,17H,2,4,7-8,13-16,18H2,1H3,(H,25,28). The van der Waals surface area contributed by atoms with Gasteiger partial charge in [-0.15, -0.1) is 0 Å². The van der Waals surface area contributed by atoms with Crippen LogP contribution in [0.25, 0.3) is 0 Å². The molecule has 1 heterocycles. The summed E-state index contributed by atoms with van der Waals surface area (Å²) >= 11 is 0. The Kier molecular flexibility index (Phi) is 8.71.